The summed E-state index contributed by atoms with van der Waals surface area (Å²) in [7, 11) is 1.57. The minimum Gasteiger partial charge on any atom is -0.494 e. The van der Waals surface area contributed by atoms with Crippen molar-refractivity contribution >= 4 is 39.3 Å². The number of hydrogen-bond acceptors (Lipinski definition) is 6. The van der Waals surface area contributed by atoms with Gasteiger partial charge in [-0.2, -0.15) is 0 Å². The molecule has 0 atom stereocenters. The van der Waals surface area contributed by atoms with E-state index in [0.29, 0.717) is 29.3 Å². The van der Waals surface area contributed by atoms with Gasteiger partial charge >= 0.3 is 0 Å². The number of anilines is 1. The van der Waals surface area contributed by atoms with Gasteiger partial charge in [-0.1, -0.05) is 24.3 Å². The third-order valence-corrected chi connectivity index (χ3v) is 6.39. The molecule has 2 heterocycles. The number of H-pyrrole nitrogens is 1. The van der Waals surface area contributed by atoms with Crippen molar-refractivity contribution in [2.75, 3.05) is 19.0 Å². The zero-order valence-electron chi connectivity index (χ0n) is 22.0. The van der Waals surface area contributed by atoms with Crippen LogP contribution in [0, 0.1) is 0 Å². The molecule has 0 aliphatic heterocycles. The van der Waals surface area contributed by atoms with Crippen LogP contribution < -0.4 is 20.3 Å². The van der Waals surface area contributed by atoms with Crippen molar-refractivity contribution in [3.8, 4) is 22.9 Å². The van der Waals surface area contributed by atoms with Crippen LogP contribution in [0.25, 0.3) is 33.4 Å². The lowest BCUT2D eigenvalue weighted by Gasteiger charge is -2.09. The number of para-hydroxylation sites is 3. The van der Waals surface area contributed by atoms with Gasteiger partial charge in [0.15, 0.2) is 11.3 Å². The Morgan fingerprint density at radius 2 is 1.77 bits per heavy atom. The summed E-state index contributed by atoms with van der Waals surface area (Å²) in [5.74, 6) is 1.70. The standard InChI is InChI=1S/C32H26N4O4/c1-3-39-24-17-15-23(16-18-24)34-32-25(19-21-7-6-10-28(38-2)29(21)40-32)31(37)33-22-13-11-20(12-14-22)30-35-26-8-4-5-9-27(26)36-30/h4-19H,3H2,1-2H3,(H,33,37)(H,35,36). The number of carbonyl (C=O) groups is 1. The Hall–Kier alpha value is -5.37. The molecule has 40 heavy (non-hydrogen) atoms. The summed E-state index contributed by atoms with van der Waals surface area (Å²) < 4.78 is 17.2. The summed E-state index contributed by atoms with van der Waals surface area (Å²) in [6.45, 7) is 2.50. The number of aromatic nitrogens is 2. The number of benzene rings is 4. The molecule has 0 saturated carbocycles. The second kappa shape index (κ2) is 10.8. The molecule has 0 unspecified atom stereocenters. The van der Waals surface area contributed by atoms with Crippen LogP contribution in [-0.2, 0) is 0 Å². The Morgan fingerprint density at radius 3 is 2.52 bits per heavy atom. The fourth-order valence-electron chi connectivity index (χ4n) is 4.43. The monoisotopic (exact) mass is 530 g/mol. The lowest BCUT2D eigenvalue weighted by atomic mass is 10.1. The van der Waals surface area contributed by atoms with E-state index in [2.05, 4.69) is 20.3 Å². The van der Waals surface area contributed by atoms with E-state index >= 15 is 0 Å². The molecular formula is C32H26N4O4. The normalized spacial score (nSPS) is 11.6. The van der Waals surface area contributed by atoms with Crippen LogP contribution in [0.2, 0.25) is 0 Å². The van der Waals surface area contributed by atoms with E-state index in [4.69, 9.17) is 13.9 Å². The summed E-state index contributed by atoms with van der Waals surface area (Å²) in [6, 6.07) is 29.9. The molecule has 8 nitrogen and oxygen atoms in total. The van der Waals surface area contributed by atoms with E-state index in [1.54, 1.807) is 19.2 Å². The van der Waals surface area contributed by atoms with Crippen LogP contribution in [0.15, 0.2) is 106 Å². The molecule has 1 amide bonds. The van der Waals surface area contributed by atoms with Crippen LogP contribution in [0.4, 0.5) is 11.4 Å². The molecule has 198 valence electrons. The van der Waals surface area contributed by atoms with E-state index in [-0.39, 0.29) is 17.0 Å². The smallest absolute Gasteiger partial charge is 0.261 e. The van der Waals surface area contributed by atoms with Gasteiger partial charge < -0.3 is 24.2 Å². The molecule has 0 bridgehead atoms. The van der Waals surface area contributed by atoms with Crippen molar-refractivity contribution in [1.29, 1.82) is 0 Å². The van der Waals surface area contributed by atoms with Crippen LogP contribution in [-0.4, -0.2) is 29.6 Å². The largest absolute Gasteiger partial charge is 0.494 e. The number of fused-ring (bicyclic) bond motifs is 2. The predicted octanol–water partition coefficient (Wildman–Crippen LogP) is 6.87. The number of amides is 1. The summed E-state index contributed by atoms with van der Waals surface area (Å²) in [5.41, 5.74) is 4.97. The quantitative estimate of drug-likeness (QED) is 0.235. The minimum atomic E-state index is -0.352. The zero-order valence-corrected chi connectivity index (χ0v) is 22.0. The maximum absolute atomic E-state index is 13.5. The molecule has 4 aromatic carbocycles. The first-order chi connectivity index (χ1) is 19.6. The highest BCUT2D eigenvalue weighted by molar-refractivity contribution is 6.05. The molecule has 0 radical (unpaired) electrons. The second-order valence-corrected chi connectivity index (χ2v) is 9.02. The van der Waals surface area contributed by atoms with Gasteiger partial charge in [-0.15, -0.1) is 0 Å². The summed E-state index contributed by atoms with van der Waals surface area (Å²) >= 11 is 0. The average Bonchev–Trinajstić information content (AvgIpc) is 3.42. The van der Waals surface area contributed by atoms with Crippen molar-refractivity contribution in [1.82, 2.24) is 9.97 Å². The van der Waals surface area contributed by atoms with Crippen molar-refractivity contribution in [3.05, 3.63) is 108 Å². The van der Waals surface area contributed by atoms with E-state index < -0.39 is 0 Å². The second-order valence-electron chi connectivity index (χ2n) is 9.02. The maximum Gasteiger partial charge on any atom is 0.261 e. The molecule has 2 aromatic heterocycles. The molecule has 6 rings (SSSR count). The van der Waals surface area contributed by atoms with Crippen molar-refractivity contribution in [2.45, 2.75) is 6.92 Å². The van der Waals surface area contributed by atoms with Crippen molar-refractivity contribution < 1.29 is 18.7 Å². The van der Waals surface area contributed by atoms with Gasteiger partial charge in [-0.05, 0) is 79.7 Å². The molecular weight excluding hydrogens is 504 g/mol. The number of hydrogen-bond donors (Lipinski definition) is 2. The number of rotatable bonds is 7. The fourth-order valence-corrected chi connectivity index (χ4v) is 4.43. The number of carbonyl (C=O) groups excluding carboxylic acids is 1. The summed E-state index contributed by atoms with van der Waals surface area (Å²) in [5, 5.41) is 3.69. The molecule has 0 saturated heterocycles. The Kier molecular flexibility index (Phi) is 6.72. The first-order valence-electron chi connectivity index (χ1n) is 12.9. The van der Waals surface area contributed by atoms with Crippen LogP contribution >= 0.6 is 0 Å². The fraction of sp³-hybridized carbons (Fsp3) is 0.0938. The first kappa shape index (κ1) is 24.9. The van der Waals surface area contributed by atoms with Crippen molar-refractivity contribution in [3.63, 3.8) is 0 Å². The van der Waals surface area contributed by atoms with E-state index in [0.717, 1.165) is 33.6 Å². The molecule has 0 fully saturated rings. The first-order valence-corrected chi connectivity index (χ1v) is 12.9. The van der Waals surface area contributed by atoms with E-state index in [9.17, 15) is 4.79 Å². The van der Waals surface area contributed by atoms with E-state index in [1.165, 1.54) is 0 Å². The van der Waals surface area contributed by atoms with Crippen LogP contribution in [0.1, 0.15) is 17.3 Å². The maximum atomic E-state index is 13.5. The average molecular weight is 531 g/mol. The van der Waals surface area contributed by atoms with Gasteiger partial charge in [-0.3, -0.25) is 4.79 Å². The molecule has 8 heteroatoms. The number of aromatic amines is 1. The summed E-state index contributed by atoms with van der Waals surface area (Å²) in [4.78, 5) is 26.2. The van der Waals surface area contributed by atoms with E-state index in [1.807, 2.05) is 91.9 Å². The predicted molar refractivity (Wildman–Crippen MR) is 155 cm³/mol. The van der Waals surface area contributed by atoms with Gasteiger partial charge in [0.1, 0.15) is 17.1 Å². The third-order valence-electron chi connectivity index (χ3n) is 6.39. The Bertz CT molecular complexity index is 1850. The van der Waals surface area contributed by atoms with Gasteiger partial charge in [-0.25, -0.2) is 9.98 Å². The zero-order chi connectivity index (χ0) is 27.5. The number of nitrogens with one attached hydrogen (secondary N) is 2. The lowest BCUT2D eigenvalue weighted by molar-refractivity contribution is 0.102. The topological polar surface area (TPSA) is 102 Å². The number of imidazole rings is 1. The molecule has 2 N–H and O–H groups in total. The molecule has 0 spiro atoms. The SMILES string of the molecule is CCOc1ccc(N=c2oc3c(OC)cccc3cc2C(=O)Nc2ccc(-c3nc4ccccc4[nH]3)cc2)cc1. The van der Waals surface area contributed by atoms with Crippen LogP contribution in [0.5, 0.6) is 11.5 Å². The van der Waals surface area contributed by atoms with Crippen LogP contribution in [0.3, 0.4) is 0 Å². The molecule has 6 aromatic rings. The molecule has 0 aliphatic carbocycles. The van der Waals surface area contributed by atoms with Gasteiger partial charge in [0.2, 0.25) is 5.55 Å². The van der Waals surface area contributed by atoms with Gasteiger partial charge in [0.25, 0.3) is 5.91 Å². The third kappa shape index (κ3) is 5.02. The highest BCUT2D eigenvalue weighted by Crippen LogP contribution is 2.26. The molecule has 0 aliphatic rings. The highest BCUT2D eigenvalue weighted by Gasteiger charge is 2.16. The number of ether oxygens (including phenoxy) is 2. The Labute approximate surface area is 229 Å². The van der Waals surface area contributed by atoms with Gasteiger partial charge in [0, 0.05) is 16.6 Å². The Balaban J connectivity index is 1.34. The summed E-state index contributed by atoms with van der Waals surface area (Å²) in [6.07, 6.45) is 0. The minimum absolute atomic E-state index is 0.164. The van der Waals surface area contributed by atoms with Crippen molar-refractivity contribution in [2.24, 2.45) is 4.99 Å². The number of methoxy groups -OCH3 is 1. The lowest BCUT2D eigenvalue weighted by Crippen LogP contribution is -2.21. The van der Waals surface area contributed by atoms with Gasteiger partial charge in [0.05, 0.1) is 30.4 Å². The Morgan fingerprint density at radius 1 is 0.975 bits per heavy atom. The number of nitrogens with zero attached hydrogens (tertiary/aromatic N) is 2. The highest BCUT2D eigenvalue weighted by atomic mass is 16.5.